The molecule has 1 amide bonds. The molecule has 5 nitrogen and oxygen atoms in total. The molecule has 0 saturated carbocycles. The Balaban J connectivity index is 2.20. The smallest absolute Gasteiger partial charge is 0.411 e. The monoisotopic (exact) mass is 337 g/mol. The fourth-order valence-electron chi connectivity index (χ4n) is 3.06. The van der Waals surface area contributed by atoms with E-state index >= 15 is 0 Å². The van der Waals surface area contributed by atoms with E-state index < -0.39 is 17.6 Å². The zero-order chi connectivity index (χ0) is 17.0. The molecule has 1 fully saturated rings. The summed E-state index contributed by atoms with van der Waals surface area (Å²) in [6, 6.07) is 9.12. The Morgan fingerprint density at radius 2 is 2.04 bits per heavy atom. The standard InChI is InChI=1S/C17H23NO4S/c1-12(2)18(17(15(19)20)9-10-23-13(17)3)16(21)22-11-14-7-5-4-6-8-14/h4-8,12-13H,9-11H2,1-3H3,(H,19,20). The number of ether oxygens (including phenoxy) is 1. The van der Waals surface area contributed by atoms with Crippen LogP contribution in [0.25, 0.3) is 0 Å². The lowest BCUT2D eigenvalue weighted by atomic mass is 9.89. The lowest BCUT2D eigenvalue weighted by Gasteiger charge is -2.42. The highest BCUT2D eigenvalue weighted by atomic mass is 32.2. The van der Waals surface area contributed by atoms with Crippen molar-refractivity contribution < 1.29 is 19.4 Å². The molecular weight excluding hydrogens is 314 g/mol. The van der Waals surface area contributed by atoms with Gasteiger partial charge < -0.3 is 9.84 Å². The number of aliphatic carboxylic acids is 1. The molecule has 2 unspecified atom stereocenters. The van der Waals surface area contributed by atoms with Crippen LogP contribution in [0.2, 0.25) is 0 Å². The highest BCUT2D eigenvalue weighted by Crippen LogP contribution is 2.42. The van der Waals surface area contributed by atoms with Crippen molar-refractivity contribution in [3.05, 3.63) is 35.9 Å². The molecule has 0 aromatic heterocycles. The Morgan fingerprint density at radius 3 is 2.52 bits per heavy atom. The van der Waals surface area contributed by atoms with Gasteiger partial charge in [-0.25, -0.2) is 9.59 Å². The first-order valence-electron chi connectivity index (χ1n) is 7.74. The molecule has 126 valence electrons. The van der Waals surface area contributed by atoms with Crippen LogP contribution in [0.4, 0.5) is 4.79 Å². The molecule has 1 aromatic carbocycles. The van der Waals surface area contributed by atoms with Crippen molar-refractivity contribution in [1.29, 1.82) is 0 Å². The van der Waals surface area contributed by atoms with E-state index in [1.165, 1.54) is 4.90 Å². The summed E-state index contributed by atoms with van der Waals surface area (Å²) in [5, 5.41) is 9.65. The number of carboxylic acid groups (broad SMARTS) is 1. The van der Waals surface area contributed by atoms with Gasteiger partial charge in [0, 0.05) is 11.3 Å². The van der Waals surface area contributed by atoms with Gasteiger partial charge in [0.15, 0.2) is 5.54 Å². The van der Waals surface area contributed by atoms with Crippen LogP contribution in [0, 0.1) is 0 Å². The fourth-order valence-corrected chi connectivity index (χ4v) is 4.45. The van der Waals surface area contributed by atoms with E-state index in [0.717, 1.165) is 11.3 Å². The van der Waals surface area contributed by atoms with Gasteiger partial charge in [0.2, 0.25) is 0 Å². The maximum Gasteiger partial charge on any atom is 0.411 e. The van der Waals surface area contributed by atoms with Crippen molar-refractivity contribution in [2.75, 3.05) is 5.75 Å². The minimum Gasteiger partial charge on any atom is -0.479 e. The van der Waals surface area contributed by atoms with Crippen molar-refractivity contribution in [1.82, 2.24) is 4.90 Å². The Hall–Kier alpha value is -1.69. The van der Waals surface area contributed by atoms with E-state index in [1.807, 2.05) is 51.1 Å². The second-order valence-electron chi connectivity index (χ2n) is 6.00. The molecule has 0 aliphatic carbocycles. The number of thioether (sulfide) groups is 1. The minimum atomic E-state index is -1.20. The summed E-state index contributed by atoms with van der Waals surface area (Å²) in [4.78, 5) is 26.0. The number of hydrogen-bond donors (Lipinski definition) is 1. The zero-order valence-electron chi connectivity index (χ0n) is 13.7. The first kappa shape index (κ1) is 17.7. The third-order valence-corrected chi connectivity index (χ3v) is 5.57. The molecule has 2 rings (SSSR count). The average Bonchev–Trinajstić information content (AvgIpc) is 2.89. The van der Waals surface area contributed by atoms with Gasteiger partial charge >= 0.3 is 12.1 Å². The average molecular weight is 337 g/mol. The van der Waals surface area contributed by atoms with Crippen molar-refractivity contribution in [2.24, 2.45) is 0 Å². The fraction of sp³-hybridized carbons (Fsp3) is 0.529. The van der Waals surface area contributed by atoms with Crippen molar-refractivity contribution in [3.8, 4) is 0 Å². The number of carboxylic acids is 1. The first-order valence-corrected chi connectivity index (χ1v) is 8.79. The van der Waals surface area contributed by atoms with Crippen LogP contribution in [-0.4, -0.2) is 44.7 Å². The van der Waals surface area contributed by atoms with E-state index in [-0.39, 0.29) is 17.9 Å². The normalized spacial score (nSPS) is 23.7. The van der Waals surface area contributed by atoms with Crippen molar-refractivity contribution in [3.63, 3.8) is 0 Å². The maximum atomic E-state index is 12.6. The summed E-state index contributed by atoms with van der Waals surface area (Å²) in [6.07, 6.45) is -0.132. The van der Waals surface area contributed by atoms with Crippen LogP contribution in [0.15, 0.2) is 30.3 Å². The van der Waals surface area contributed by atoms with Gasteiger partial charge in [0.1, 0.15) is 6.61 Å². The number of rotatable bonds is 5. The topological polar surface area (TPSA) is 66.8 Å². The molecule has 1 heterocycles. The summed E-state index contributed by atoms with van der Waals surface area (Å²) in [5.41, 5.74) is -0.324. The van der Waals surface area contributed by atoms with Gasteiger partial charge in [-0.1, -0.05) is 37.3 Å². The molecule has 1 N–H and O–H groups in total. The van der Waals surface area contributed by atoms with Gasteiger partial charge in [-0.15, -0.1) is 0 Å². The summed E-state index contributed by atoms with van der Waals surface area (Å²) in [6.45, 7) is 5.65. The second kappa shape index (κ2) is 7.25. The highest BCUT2D eigenvalue weighted by molar-refractivity contribution is 8.00. The second-order valence-corrected chi connectivity index (χ2v) is 7.45. The first-order chi connectivity index (χ1) is 10.9. The predicted octanol–water partition coefficient (Wildman–Crippen LogP) is 3.38. The molecule has 0 bridgehead atoms. The Morgan fingerprint density at radius 1 is 1.39 bits per heavy atom. The van der Waals surface area contributed by atoms with Crippen molar-refractivity contribution in [2.45, 2.75) is 50.6 Å². The van der Waals surface area contributed by atoms with Gasteiger partial charge in [0.05, 0.1) is 0 Å². The van der Waals surface area contributed by atoms with Crippen LogP contribution in [0.1, 0.15) is 32.8 Å². The Kier molecular flexibility index (Phi) is 5.57. The third-order valence-electron chi connectivity index (χ3n) is 4.24. The van der Waals surface area contributed by atoms with E-state index in [2.05, 4.69) is 0 Å². The van der Waals surface area contributed by atoms with E-state index in [1.54, 1.807) is 11.8 Å². The molecule has 0 spiro atoms. The maximum absolute atomic E-state index is 12.6. The van der Waals surface area contributed by atoms with Gasteiger partial charge in [0.25, 0.3) is 0 Å². The molecule has 1 aliphatic rings. The largest absolute Gasteiger partial charge is 0.479 e. The van der Waals surface area contributed by atoms with E-state index in [4.69, 9.17) is 4.74 Å². The van der Waals surface area contributed by atoms with Gasteiger partial charge in [-0.05, 0) is 31.6 Å². The number of hydrogen-bond acceptors (Lipinski definition) is 4. The number of carbonyl (C=O) groups excluding carboxylic acids is 1. The molecular formula is C17H23NO4S. The molecule has 23 heavy (non-hydrogen) atoms. The molecule has 1 saturated heterocycles. The lowest BCUT2D eigenvalue weighted by Crippen LogP contribution is -2.62. The number of amides is 1. The van der Waals surface area contributed by atoms with Crippen molar-refractivity contribution >= 4 is 23.8 Å². The number of carbonyl (C=O) groups is 2. The summed E-state index contributed by atoms with van der Waals surface area (Å²) < 4.78 is 5.40. The lowest BCUT2D eigenvalue weighted by molar-refractivity contribution is -0.151. The van der Waals surface area contributed by atoms with Crippen LogP contribution in [0.3, 0.4) is 0 Å². The Bertz CT molecular complexity index is 563. The minimum absolute atomic E-state index is 0.139. The summed E-state index contributed by atoms with van der Waals surface area (Å²) >= 11 is 1.58. The van der Waals surface area contributed by atoms with Gasteiger partial charge in [-0.2, -0.15) is 11.8 Å². The Labute approximate surface area is 141 Å². The SMILES string of the molecule is CC(C)N(C(=O)OCc1ccccc1)C1(C(=O)O)CCSC1C. The molecule has 0 radical (unpaired) electrons. The highest BCUT2D eigenvalue weighted by Gasteiger charge is 2.55. The van der Waals surface area contributed by atoms with Crippen LogP contribution in [-0.2, 0) is 16.1 Å². The van der Waals surface area contributed by atoms with Crippen LogP contribution in [0.5, 0.6) is 0 Å². The van der Waals surface area contributed by atoms with E-state index in [0.29, 0.717) is 6.42 Å². The van der Waals surface area contributed by atoms with Gasteiger partial charge in [-0.3, -0.25) is 4.90 Å². The molecule has 6 heteroatoms. The number of nitrogens with zero attached hydrogens (tertiary/aromatic N) is 1. The summed E-state index contributed by atoms with van der Waals surface area (Å²) in [7, 11) is 0. The molecule has 1 aliphatic heterocycles. The molecule has 1 aromatic rings. The molecule has 2 atom stereocenters. The van der Waals surface area contributed by atoms with E-state index in [9.17, 15) is 14.7 Å². The number of benzene rings is 1. The quantitative estimate of drug-likeness (QED) is 0.892. The zero-order valence-corrected chi connectivity index (χ0v) is 14.5. The summed E-state index contributed by atoms with van der Waals surface area (Å²) in [5.74, 6) is -0.233. The van der Waals surface area contributed by atoms with Crippen LogP contribution < -0.4 is 0 Å². The predicted molar refractivity (Wildman–Crippen MR) is 90.5 cm³/mol. The third kappa shape index (κ3) is 3.47. The van der Waals surface area contributed by atoms with Crippen LogP contribution >= 0.6 is 11.8 Å².